The number of fused-ring (bicyclic) bond motifs is 1. The van der Waals surface area contributed by atoms with E-state index in [4.69, 9.17) is 11.6 Å². The van der Waals surface area contributed by atoms with Gasteiger partial charge in [-0.25, -0.2) is 4.79 Å². The summed E-state index contributed by atoms with van der Waals surface area (Å²) in [5.41, 5.74) is 2.43. The van der Waals surface area contributed by atoms with E-state index in [1.165, 1.54) is 0 Å². The van der Waals surface area contributed by atoms with Crippen molar-refractivity contribution in [3.63, 3.8) is 0 Å². The van der Waals surface area contributed by atoms with E-state index >= 15 is 0 Å². The SMILES string of the molecule is O=c1[nH]c2ccc(CCl)cc2[nH]1. The minimum absolute atomic E-state index is 0.184. The standard InChI is InChI=1S/C8H7ClN2O/c9-4-5-1-2-6-7(3-5)11-8(12)10-6/h1-3H,4H2,(H2,10,11,12). The first kappa shape index (κ1) is 7.43. The van der Waals surface area contributed by atoms with E-state index in [2.05, 4.69) is 9.97 Å². The number of rotatable bonds is 1. The molecule has 12 heavy (non-hydrogen) atoms. The highest BCUT2D eigenvalue weighted by molar-refractivity contribution is 6.17. The van der Waals surface area contributed by atoms with Crippen LogP contribution < -0.4 is 5.69 Å². The number of imidazole rings is 1. The van der Waals surface area contributed by atoms with E-state index in [-0.39, 0.29) is 5.69 Å². The first-order chi connectivity index (χ1) is 5.79. The smallest absolute Gasteiger partial charge is 0.306 e. The number of benzene rings is 1. The van der Waals surface area contributed by atoms with Crippen LogP contribution in [0.1, 0.15) is 5.56 Å². The Morgan fingerprint density at radius 1 is 1.25 bits per heavy atom. The predicted octanol–water partition coefficient (Wildman–Crippen LogP) is 1.59. The fourth-order valence-electron chi connectivity index (χ4n) is 1.16. The van der Waals surface area contributed by atoms with Crippen molar-refractivity contribution < 1.29 is 0 Å². The first-order valence-electron chi connectivity index (χ1n) is 3.56. The van der Waals surface area contributed by atoms with Gasteiger partial charge in [-0.1, -0.05) is 6.07 Å². The Hall–Kier alpha value is -1.22. The van der Waals surface area contributed by atoms with Crippen LogP contribution in [-0.4, -0.2) is 9.97 Å². The molecule has 0 aliphatic rings. The molecule has 62 valence electrons. The second-order valence-electron chi connectivity index (χ2n) is 2.59. The zero-order chi connectivity index (χ0) is 8.55. The molecule has 0 spiro atoms. The third kappa shape index (κ3) is 1.12. The van der Waals surface area contributed by atoms with E-state index < -0.39 is 0 Å². The number of halogens is 1. The number of aromatic nitrogens is 2. The van der Waals surface area contributed by atoms with Crippen LogP contribution >= 0.6 is 11.6 Å². The van der Waals surface area contributed by atoms with Gasteiger partial charge in [0, 0.05) is 5.88 Å². The van der Waals surface area contributed by atoms with Gasteiger partial charge in [0.05, 0.1) is 11.0 Å². The van der Waals surface area contributed by atoms with Gasteiger partial charge >= 0.3 is 5.69 Å². The summed E-state index contributed by atoms with van der Waals surface area (Å²) in [6.45, 7) is 0. The normalized spacial score (nSPS) is 10.8. The maximum atomic E-state index is 10.8. The lowest BCUT2D eigenvalue weighted by molar-refractivity contribution is 1.21. The molecule has 4 heteroatoms. The Bertz CT molecular complexity index is 457. The zero-order valence-corrected chi connectivity index (χ0v) is 6.98. The van der Waals surface area contributed by atoms with Gasteiger partial charge < -0.3 is 9.97 Å². The number of aromatic amines is 2. The van der Waals surface area contributed by atoms with Crippen LogP contribution in [0.25, 0.3) is 11.0 Å². The Labute approximate surface area is 73.4 Å². The Balaban J connectivity index is 2.74. The van der Waals surface area contributed by atoms with E-state index in [1.807, 2.05) is 18.2 Å². The van der Waals surface area contributed by atoms with Crippen molar-refractivity contribution in [1.29, 1.82) is 0 Å². The molecule has 2 N–H and O–H groups in total. The van der Waals surface area contributed by atoms with E-state index in [0.717, 1.165) is 16.6 Å². The molecule has 0 unspecified atom stereocenters. The summed E-state index contributed by atoms with van der Waals surface area (Å²) < 4.78 is 0. The molecule has 0 atom stereocenters. The molecule has 1 heterocycles. The van der Waals surface area contributed by atoms with Gasteiger partial charge in [-0.15, -0.1) is 11.6 Å². The molecule has 1 aromatic carbocycles. The van der Waals surface area contributed by atoms with Crippen LogP contribution in [-0.2, 0) is 5.88 Å². The molecule has 3 nitrogen and oxygen atoms in total. The van der Waals surface area contributed by atoms with Crippen LogP contribution in [0.5, 0.6) is 0 Å². The molecule has 2 aromatic rings. The highest BCUT2D eigenvalue weighted by Crippen LogP contribution is 2.11. The van der Waals surface area contributed by atoms with Gasteiger partial charge in [0.2, 0.25) is 0 Å². The fraction of sp³-hybridized carbons (Fsp3) is 0.125. The van der Waals surface area contributed by atoms with Crippen molar-refractivity contribution in [2.75, 3.05) is 0 Å². The average molecular weight is 183 g/mol. The minimum atomic E-state index is -0.184. The lowest BCUT2D eigenvalue weighted by atomic mass is 10.2. The summed E-state index contributed by atoms with van der Waals surface area (Å²) in [5, 5.41) is 0. The minimum Gasteiger partial charge on any atom is -0.306 e. The molecular weight excluding hydrogens is 176 g/mol. The highest BCUT2D eigenvalue weighted by atomic mass is 35.5. The van der Waals surface area contributed by atoms with Gasteiger partial charge in [-0.05, 0) is 17.7 Å². The van der Waals surface area contributed by atoms with Gasteiger partial charge in [0.15, 0.2) is 0 Å². The monoisotopic (exact) mass is 182 g/mol. The maximum Gasteiger partial charge on any atom is 0.323 e. The fourth-order valence-corrected chi connectivity index (χ4v) is 1.33. The Kier molecular flexibility index (Phi) is 1.66. The van der Waals surface area contributed by atoms with Crippen molar-refractivity contribution in [2.24, 2.45) is 0 Å². The lowest BCUT2D eigenvalue weighted by Gasteiger charge is -1.92. The molecule has 2 rings (SSSR count). The summed E-state index contributed by atoms with van der Waals surface area (Å²) >= 11 is 5.63. The lowest BCUT2D eigenvalue weighted by Crippen LogP contribution is -1.99. The van der Waals surface area contributed by atoms with E-state index in [0.29, 0.717) is 5.88 Å². The molecule has 0 bridgehead atoms. The first-order valence-corrected chi connectivity index (χ1v) is 4.10. The molecule has 0 amide bonds. The third-order valence-corrected chi connectivity index (χ3v) is 2.04. The van der Waals surface area contributed by atoms with Gasteiger partial charge in [0.1, 0.15) is 0 Å². The zero-order valence-electron chi connectivity index (χ0n) is 6.23. The molecular formula is C8H7ClN2O. The number of nitrogens with one attached hydrogen (secondary N) is 2. The molecule has 0 saturated heterocycles. The molecule has 0 aliphatic carbocycles. The second-order valence-corrected chi connectivity index (χ2v) is 2.86. The van der Waals surface area contributed by atoms with Crippen molar-refractivity contribution in [3.05, 3.63) is 34.2 Å². The number of hydrogen-bond donors (Lipinski definition) is 2. The number of H-pyrrole nitrogens is 2. The average Bonchev–Trinajstić information content (AvgIpc) is 2.43. The van der Waals surface area contributed by atoms with Crippen molar-refractivity contribution in [2.45, 2.75) is 5.88 Å². The topological polar surface area (TPSA) is 48.6 Å². The van der Waals surface area contributed by atoms with E-state index in [9.17, 15) is 4.79 Å². The maximum absolute atomic E-state index is 10.8. The van der Waals surface area contributed by atoms with Crippen LogP contribution in [0.15, 0.2) is 23.0 Å². The second kappa shape index (κ2) is 2.68. The van der Waals surface area contributed by atoms with Crippen molar-refractivity contribution in [1.82, 2.24) is 9.97 Å². The number of hydrogen-bond acceptors (Lipinski definition) is 1. The summed E-state index contributed by atoms with van der Waals surface area (Å²) in [6.07, 6.45) is 0. The van der Waals surface area contributed by atoms with Gasteiger partial charge in [-0.2, -0.15) is 0 Å². The van der Waals surface area contributed by atoms with Crippen LogP contribution in [0.4, 0.5) is 0 Å². The Morgan fingerprint density at radius 2 is 2.00 bits per heavy atom. The van der Waals surface area contributed by atoms with Crippen molar-refractivity contribution in [3.8, 4) is 0 Å². The molecule has 0 radical (unpaired) electrons. The highest BCUT2D eigenvalue weighted by Gasteiger charge is 1.97. The van der Waals surface area contributed by atoms with Crippen LogP contribution in [0, 0.1) is 0 Å². The predicted molar refractivity (Wildman–Crippen MR) is 48.5 cm³/mol. The quantitative estimate of drug-likeness (QED) is 0.647. The molecule has 0 fully saturated rings. The van der Waals surface area contributed by atoms with Gasteiger partial charge in [0.25, 0.3) is 0 Å². The molecule has 0 aliphatic heterocycles. The van der Waals surface area contributed by atoms with Crippen LogP contribution in [0.3, 0.4) is 0 Å². The van der Waals surface area contributed by atoms with E-state index in [1.54, 1.807) is 0 Å². The molecule has 1 aromatic heterocycles. The number of alkyl halides is 1. The third-order valence-electron chi connectivity index (χ3n) is 1.73. The van der Waals surface area contributed by atoms with Crippen LogP contribution in [0.2, 0.25) is 0 Å². The van der Waals surface area contributed by atoms with Crippen molar-refractivity contribution >= 4 is 22.6 Å². The largest absolute Gasteiger partial charge is 0.323 e. The summed E-state index contributed by atoms with van der Waals surface area (Å²) in [7, 11) is 0. The summed E-state index contributed by atoms with van der Waals surface area (Å²) in [4.78, 5) is 16.2. The van der Waals surface area contributed by atoms with Gasteiger partial charge in [-0.3, -0.25) is 0 Å². The molecule has 0 saturated carbocycles. The summed E-state index contributed by atoms with van der Waals surface area (Å²) in [6, 6.07) is 5.59. The Morgan fingerprint density at radius 3 is 2.75 bits per heavy atom. The summed E-state index contributed by atoms with van der Waals surface area (Å²) in [5.74, 6) is 0.461.